The number of aryl methyl sites for hydroxylation is 1. The Bertz CT molecular complexity index is 1020. The van der Waals surface area contributed by atoms with E-state index in [1.165, 1.54) is 16.7 Å². The Morgan fingerprint density at radius 2 is 1.81 bits per heavy atom. The molecule has 0 fully saturated rings. The summed E-state index contributed by atoms with van der Waals surface area (Å²) in [6.07, 6.45) is 1.55. The molecule has 0 unspecified atom stereocenters. The number of anilines is 1. The predicted molar refractivity (Wildman–Crippen MR) is 100 cm³/mol. The molecule has 26 heavy (non-hydrogen) atoms. The van der Waals surface area contributed by atoms with Crippen LogP contribution in [0.15, 0.2) is 65.6 Å². The molecule has 0 atom stereocenters. The lowest BCUT2D eigenvalue weighted by Gasteiger charge is -2.12. The molecule has 2 aromatic carbocycles. The molecular weight excluding hydrogens is 331 g/mol. The van der Waals surface area contributed by atoms with E-state index in [1.54, 1.807) is 36.5 Å². The summed E-state index contributed by atoms with van der Waals surface area (Å²) in [5.74, 6) is -0.865. The van der Waals surface area contributed by atoms with E-state index in [-0.39, 0.29) is 17.9 Å². The van der Waals surface area contributed by atoms with Gasteiger partial charge < -0.3 is 9.88 Å². The number of carbonyl (C=O) groups excluding carboxylic acids is 1. The molecule has 0 radical (unpaired) electrons. The molecule has 0 aliphatic carbocycles. The molecule has 0 aliphatic heterocycles. The second-order valence-electron chi connectivity index (χ2n) is 6.15. The highest BCUT2D eigenvalue weighted by Gasteiger charge is 2.14. The van der Waals surface area contributed by atoms with Gasteiger partial charge in [0.2, 0.25) is 0 Å². The van der Waals surface area contributed by atoms with Crippen LogP contribution in [0.4, 0.5) is 10.1 Å². The van der Waals surface area contributed by atoms with Gasteiger partial charge in [-0.25, -0.2) is 4.39 Å². The molecule has 132 valence electrons. The van der Waals surface area contributed by atoms with E-state index < -0.39 is 11.5 Å². The van der Waals surface area contributed by atoms with Gasteiger partial charge in [0.05, 0.1) is 6.54 Å². The standard InChI is InChI=1S/C21H19FN2O2/c1-14-7-5-11-19(15(14)2)23-20(25)17-9-6-12-24(21(17)26)13-16-8-3-4-10-18(16)22/h3-12H,13H2,1-2H3,(H,23,25). The molecule has 1 amide bonds. The molecule has 1 aromatic heterocycles. The molecule has 0 spiro atoms. The minimum absolute atomic E-state index is 0.0183. The van der Waals surface area contributed by atoms with Crippen molar-refractivity contribution in [1.82, 2.24) is 4.57 Å². The van der Waals surface area contributed by atoms with Crippen LogP contribution in [0.25, 0.3) is 0 Å². The largest absolute Gasteiger partial charge is 0.322 e. The van der Waals surface area contributed by atoms with Gasteiger partial charge in [0, 0.05) is 17.4 Å². The fourth-order valence-electron chi connectivity index (χ4n) is 2.72. The van der Waals surface area contributed by atoms with Gasteiger partial charge in [0.15, 0.2) is 0 Å². The van der Waals surface area contributed by atoms with Gasteiger partial charge in [0.1, 0.15) is 11.4 Å². The lowest BCUT2D eigenvalue weighted by atomic mass is 10.1. The number of nitrogens with zero attached hydrogens (tertiary/aromatic N) is 1. The molecule has 0 bridgehead atoms. The van der Waals surface area contributed by atoms with Crippen molar-refractivity contribution in [2.75, 3.05) is 5.32 Å². The highest BCUT2D eigenvalue weighted by atomic mass is 19.1. The van der Waals surface area contributed by atoms with Crippen LogP contribution in [-0.2, 0) is 6.54 Å². The van der Waals surface area contributed by atoms with Crippen molar-refractivity contribution in [3.05, 3.63) is 99.2 Å². The normalized spacial score (nSPS) is 10.6. The Hall–Kier alpha value is -3.21. The maximum absolute atomic E-state index is 13.8. The van der Waals surface area contributed by atoms with Crippen LogP contribution < -0.4 is 10.9 Å². The first-order valence-electron chi connectivity index (χ1n) is 8.28. The lowest BCUT2D eigenvalue weighted by Crippen LogP contribution is -2.29. The zero-order valence-electron chi connectivity index (χ0n) is 14.6. The summed E-state index contributed by atoms with van der Waals surface area (Å²) in [5.41, 5.74) is 2.61. The van der Waals surface area contributed by atoms with E-state index >= 15 is 0 Å². The number of rotatable bonds is 4. The Morgan fingerprint density at radius 3 is 2.58 bits per heavy atom. The van der Waals surface area contributed by atoms with Crippen LogP contribution in [0.1, 0.15) is 27.0 Å². The van der Waals surface area contributed by atoms with Crippen molar-refractivity contribution in [3.8, 4) is 0 Å². The van der Waals surface area contributed by atoms with Crippen molar-refractivity contribution in [2.45, 2.75) is 20.4 Å². The Morgan fingerprint density at radius 1 is 1.04 bits per heavy atom. The Kier molecular flexibility index (Phi) is 4.98. The van der Waals surface area contributed by atoms with Crippen molar-refractivity contribution < 1.29 is 9.18 Å². The number of halogens is 1. The Labute approximate surface area is 150 Å². The third-order valence-corrected chi connectivity index (χ3v) is 4.42. The summed E-state index contributed by atoms with van der Waals surface area (Å²) in [4.78, 5) is 25.2. The Balaban J connectivity index is 1.89. The molecule has 0 saturated heterocycles. The number of pyridine rings is 1. The molecule has 3 aromatic rings. The third kappa shape index (κ3) is 3.57. The highest BCUT2D eigenvalue weighted by Crippen LogP contribution is 2.18. The summed E-state index contributed by atoms with van der Waals surface area (Å²) in [7, 11) is 0. The summed E-state index contributed by atoms with van der Waals surface area (Å²) < 4.78 is 15.2. The zero-order valence-corrected chi connectivity index (χ0v) is 14.6. The number of benzene rings is 2. The summed E-state index contributed by atoms with van der Waals surface area (Å²) in [6, 6.07) is 14.9. The lowest BCUT2D eigenvalue weighted by molar-refractivity contribution is 0.102. The van der Waals surface area contributed by atoms with Gasteiger partial charge in [0.25, 0.3) is 11.5 Å². The molecule has 1 N–H and O–H groups in total. The molecular formula is C21H19FN2O2. The molecule has 3 rings (SSSR count). The number of aromatic nitrogens is 1. The van der Waals surface area contributed by atoms with Gasteiger partial charge in [-0.15, -0.1) is 0 Å². The van der Waals surface area contributed by atoms with Crippen molar-refractivity contribution in [2.24, 2.45) is 0 Å². The number of nitrogens with one attached hydrogen (secondary N) is 1. The van der Waals surface area contributed by atoms with E-state index in [0.29, 0.717) is 11.3 Å². The fourth-order valence-corrected chi connectivity index (χ4v) is 2.72. The topological polar surface area (TPSA) is 51.1 Å². The maximum atomic E-state index is 13.8. The minimum Gasteiger partial charge on any atom is -0.322 e. The summed E-state index contributed by atoms with van der Waals surface area (Å²) in [6.45, 7) is 3.93. The second-order valence-corrected chi connectivity index (χ2v) is 6.15. The minimum atomic E-state index is -0.480. The quantitative estimate of drug-likeness (QED) is 0.776. The SMILES string of the molecule is Cc1cccc(NC(=O)c2cccn(Cc3ccccc3F)c2=O)c1C. The highest BCUT2D eigenvalue weighted by molar-refractivity contribution is 6.04. The van der Waals surface area contributed by atoms with E-state index in [2.05, 4.69) is 5.32 Å². The maximum Gasteiger partial charge on any atom is 0.263 e. The number of hydrogen-bond donors (Lipinski definition) is 1. The van der Waals surface area contributed by atoms with E-state index in [9.17, 15) is 14.0 Å². The first kappa shape index (κ1) is 17.6. The number of carbonyl (C=O) groups is 1. The zero-order chi connectivity index (χ0) is 18.7. The average molecular weight is 350 g/mol. The van der Waals surface area contributed by atoms with Crippen molar-refractivity contribution >= 4 is 11.6 Å². The van der Waals surface area contributed by atoms with Gasteiger partial charge in [-0.05, 0) is 49.2 Å². The summed E-state index contributed by atoms with van der Waals surface area (Å²) in [5, 5.41) is 2.78. The van der Waals surface area contributed by atoms with Crippen LogP contribution in [-0.4, -0.2) is 10.5 Å². The van der Waals surface area contributed by atoms with Gasteiger partial charge in [-0.1, -0.05) is 30.3 Å². The van der Waals surface area contributed by atoms with E-state index in [4.69, 9.17) is 0 Å². The van der Waals surface area contributed by atoms with Crippen LogP contribution in [0.3, 0.4) is 0 Å². The monoisotopic (exact) mass is 350 g/mol. The van der Waals surface area contributed by atoms with Crippen LogP contribution >= 0.6 is 0 Å². The predicted octanol–water partition coefficient (Wildman–Crippen LogP) is 3.90. The van der Waals surface area contributed by atoms with Gasteiger partial charge in [-0.3, -0.25) is 9.59 Å². The number of hydrogen-bond acceptors (Lipinski definition) is 2. The fraction of sp³-hybridized carbons (Fsp3) is 0.143. The third-order valence-electron chi connectivity index (χ3n) is 4.42. The number of amides is 1. The van der Waals surface area contributed by atoms with Crippen LogP contribution in [0.5, 0.6) is 0 Å². The molecule has 5 heteroatoms. The first-order chi connectivity index (χ1) is 12.5. The van der Waals surface area contributed by atoms with E-state index in [0.717, 1.165) is 11.1 Å². The van der Waals surface area contributed by atoms with Gasteiger partial charge in [-0.2, -0.15) is 0 Å². The van der Waals surface area contributed by atoms with Crippen LogP contribution in [0, 0.1) is 19.7 Å². The van der Waals surface area contributed by atoms with E-state index in [1.807, 2.05) is 26.0 Å². The summed E-state index contributed by atoms with van der Waals surface area (Å²) >= 11 is 0. The average Bonchev–Trinajstić information content (AvgIpc) is 2.62. The molecule has 0 aliphatic rings. The van der Waals surface area contributed by atoms with Crippen molar-refractivity contribution in [1.29, 1.82) is 0 Å². The molecule has 4 nitrogen and oxygen atoms in total. The second kappa shape index (κ2) is 7.35. The first-order valence-corrected chi connectivity index (χ1v) is 8.28. The van der Waals surface area contributed by atoms with Gasteiger partial charge >= 0.3 is 0 Å². The van der Waals surface area contributed by atoms with Crippen molar-refractivity contribution in [3.63, 3.8) is 0 Å². The smallest absolute Gasteiger partial charge is 0.263 e. The molecule has 1 heterocycles. The molecule has 0 saturated carbocycles. The van der Waals surface area contributed by atoms with Crippen LogP contribution in [0.2, 0.25) is 0 Å².